The molecule has 144 valence electrons. The first-order valence-corrected chi connectivity index (χ1v) is 10.4. The van der Waals surface area contributed by atoms with E-state index in [1.807, 2.05) is 30.5 Å². The van der Waals surface area contributed by atoms with Crippen molar-refractivity contribution in [3.05, 3.63) is 62.8 Å². The summed E-state index contributed by atoms with van der Waals surface area (Å²) in [7, 11) is 1.67. The van der Waals surface area contributed by atoms with Crippen molar-refractivity contribution < 1.29 is 4.74 Å². The zero-order chi connectivity index (χ0) is 19.1. The van der Waals surface area contributed by atoms with E-state index in [-0.39, 0.29) is 5.56 Å². The van der Waals surface area contributed by atoms with Gasteiger partial charge in [0.15, 0.2) is 0 Å². The highest BCUT2D eigenvalue weighted by atomic mass is 32.1. The van der Waals surface area contributed by atoms with Crippen molar-refractivity contribution >= 4 is 11.3 Å². The summed E-state index contributed by atoms with van der Waals surface area (Å²) in [5.41, 5.74) is 2.92. The van der Waals surface area contributed by atoms with E-state index >= 15 is 0 Å². The second-order valence-electron chi connectivity index (χ2n) is 7.48. The summed E-state index contributed by atoms with van der Waals surface area (Å²) in [5, 5.41) is 0.986. The Labute approximate surface area is 167 Å². The molecule has 0 unspecified atom stereocenters. The first-order chi connectivity index (χ1) is 13.7. The van der Waals surface area contributed by atoms with Crippen LogP contribution in [0.15, 0.2) is 35.3 Å². The summed E-state index contributed by atoms with van der Waals surface area (Å²) in [5.74, 6) is 2.20. The second kappa shape index (κ2) is 7.14. The number of H-pyrrole nitrogens is 1. The molecule has 1 fully saturated rings. The van der Waals surface area contributed by atoms with Crippen molar-refractivity contribution in [1.29, 1.82) is 0 Å². The Morgan fingerprint density at radius 3 is 3.07 bits per heavy atom. The molecule has 1 N–H and O–H groups in total. The molecule has 6 nitrogen and oxygen atoms in total. The molecule has 0 radical (unpaired) electrons. The summed E-state index contributed by atoms with van der Waals surface area (Å²) < 4.78 is 5.31. The van der Waals surface area contributed by atoms with Gasteiger partial charge in [0.25, 0.3) is 5.56 Å². The quantitative estimate of drug-likeness (QED) is 0.719. The van der Waals surface area contributed by atoms with Crippen molar-refractivity contribution in [1.82, 2.24) is 19.9 Å². The SMILES string of the molecule is COc1cccc(-c2ncc(CN3CCc4nc(C5CC5)[nH]c(=O)c4C3)s2)c1. The summed E-state index contributed by atoms with van der Waals surface area (Å²) >= 11 is 1.69. The van der Waals surface area contributed by atoms with Crippen LogP contribution in [0.3, 0.4) is 0 Å². The maximum Gasteiger partial charge on any atom is 0.255 e. The minimum absolute atomic E-state index is 0.0398. The van der Waals surface area contributed by atoms with Crippen LogP contribution in [-0.2, 0) is 19.5 Å². The van der Waals surface area contributed by atoms with Gasteiger partial charge in [-0.25, -0.2) is 9.97 Å². The van der Waals surface area contributed by atoms with Gasteiger partial charge in [0.2, 0.25) is 0 Å². The Morgan fingerprint density at radius 1 is 1.36 bits per heavy atom. The Balaban J connectivity index is 1.31. The summed E-state index contributed by atoms with van der Waals surface area (Å²) in [4.78, 5) is 28.3. The van der Waals surface area contributed by atoms with E-state index in [0.29, 0.717) is 12.5 Å². The topological polar surface area (TPSA) is 71.1 Å². The van der Waals surface area contributed by atoms with Crippen molar-refractivity contribution in [2.24, 2.45) is 0 Å². The predicted molar refractivity (Wildman–Crippen MR) is 109 cm³/mol. The molecule has 3 aromatic rings. The predicted octanol–water partition coefficient (Wildman–Crippen LogP) is 3.34. The number of aromatic amines is 1. The summed E-state index contributed by atoms with van der Waals surface area (Å²) in [6, 6.07) is 7.96. The molecule has 1 saturated carbocycles. The van der Waals surface area contributed by atoms with Gasteiger partial charge >= 0.3 is 0 Å². The molecule has 0 amide bonds. The van der Waals surface area contributed by atoms with Gasteiger partial charge in [-0.2, -0.15) is 0 Å². The number of benzene rings is 1. The van der Waals surface area contributed by atoms with Crippen LogP contribution in [0.4, 0.5) is 0 Å². The number of nitrogens with one attached hydrogen (secondary N) is 1. The molecule has 1 aromatic carbocycles. The molecule has 5 rings (SSSR count). The van der Waals surface area contributed by atoms with Crippen LogP contribution in [-0.4, -0.2) is 33.5 Å². The Morgan fingerprint density at radius 2 is 2.25 bits per heavy atom. The fourth-order valence-electron chi connectivity index (χ4n) is 3.68. The minimum Gasteiger partial charge on any atom is -0.497 e. The number of nitrogens with zero attached hydrogens (tertiary/aromatic N) is 3. The standard InChI is InChI=1S/C21H22N4O2S/c1-27-15-4-2-3-14(9-15)21-22-10-16(28-21)11-25-8-7-18-17(12-25)20(26)24-19(23-18)13-5-6-13/h2-4,9-10,13H,5-8,11-12H2,1H3,(H,23,24,26). The number of rotatable bonds is 5. The van der Waals surface area contributed by atoms with Gasteiger partial charge in [0, 0.05) is 48.6 Å². The van der Waals surface area contributed by atoms with Gasteiger partial charge in [0.1, 0.15) is 16.6 Å². The molecule has 0 saturated heterocycles. The number of hydrogen-bond donors (Lipinski definition) is 1. The highest BCUT2D eigenvalue weighted by Gasteiger charge is 2.29. The van der Waals surface area contributed by atoms with E-state index in [0.717, 1.165) is 65.8 Å². The van der Waals surface area contributed by atoms with E-state index in [1.165, 1.54) is 4.88 Å². The normalized spacial score (nSPS) is 16.8. The fourth-order valence-corrected chi connectivity index (χ4v) is 4.63. The first-order valence-electron chi connectivity index (χ1n) is 9.63. The van der Waals surface area contributed by atoms with Crippen LogP contribution in [0.1, 0.15) is 40.7 Å². The van der Waals surface area contributed by atoms with Crippen LogP contribution >= 0.6 is 11.3 Å². The third-order valence-corrected chi connectivity index (χ3v) is 6.41. The number of aromatic nitrogens is 3. The fraction of sp³-hybridized carbons (Fsp3) is 0.381. The monoisotopic (exact) mass is 394 g/mol. The minimum atomic E-state index is 0.0398. The maximum absolute atomic E-state index is 12.5. The number of fused-ring (bicyclic) bond motifs is 1. The van der Waals surface area contributed by atoms with Gasteiger partial charge < -0.3 is 9.72 Å². The highest BCUT2D eigenvalue weighted by molar-refractivity contribution is 7.15. The van der Waals surface area contributed by atoms with E-state index < -0.39 is 0 Å². The van der Waals surface area contributed by atoms with Gasteiger partial charge in [-0.1, -0.05) is 12.1 Å². The van der Waals surface area contributed by atoms with Crippen LogP contribution in [0, 0.1) is 0 Å². The van der Waals surface area contributed by atoms with E-state index in [9.17, 15) is 4.79 Å². The molecule has 3 heterocycles. The third-order valence-electron chi connectivity index (χ3n) is 5.38. The van der Waals surface area contributed by atoms with Crippen molar-refractivity contribution in [3.8, 4) is 16.3 Å². The summed E-state index contributed by atoms with van der Waals surface area (Å²) in [6.45, 7) is 2.36. The highest BCUT2D eigenvalue weighted by Crippen LogP contribution is 2.38. The molecule has 1 aliphatic heterocycles. The molecule has 28 heavy (non-hydrogen) atoms. The molecule has 0 atom stereocenters. The average Bonchev–Trinajstić information content (AvgIpc) is 3.47. The van der Waals surface area contributed by atoms with Crippen molar-refractivity contribution in [3.63, 3.8) is 0 Å². The molecule has 2 aromatic heterocycles. The molecule has 7 heteroatoms. The smallest absolute Gasteiger partial charge is 0.255 e. The molecule has 0 bridgehead atoms. The molecular weight excluding hydrogens is 372 g/mol. The van der Waals surface area contributed by atoms with Gasteiger partial charge in [-0.05, 0) is 25.0 Å². The Hall–Kier alpha value is -2.51. The lowest BCUT2D eigenvalue weighted by Crippen LogP contribution is -2.35. The van der Waals surface area contributed by atoms with E-state index in [1.54, 1.807) is 18.4 Å². The number of methoxy groups -OCH3 is 1. The van der Waals surface area contributed by atoms with Crippen LogP contribution in [0.25, 0.3) is 10.6 Å². The number of hydrogen-bond acceptors (Lipinski definition) is 6. The third kappa shape index (κ3) is 3.47. The second-order valence-corrected chi connectivity index (χ2v) is 8.59. The molecule has 1 aliphatic carbocycles. The van der Waals surface area contributed by atoms with Gasteiger partial charge in [-0.15, -0.1) is 11.3 Å². The van der Waals surface area contributed by atoms with E-state index in [2.05, 4.69) is 14.9 Å². The molecule has 2 aliphatic rings. The lowest BCUT2D eigenvalue weighted by atomic mass is 10.1. The summed E-state index contributed by atoms with van der Waals surface area (Å²) in [6.07, 6.45) is 5.07. The van der Waals surface area contributed by atoms with Gasteiger partial charge in [0.05, 0.1) is 18.4 Å². The Kier molecular flexibility index (Phi) is 4.49. The zero-order valence-corrected chi connectivity index (χ0v) is 16.6. The maximum atomic E-state index is 12.5. The first kappa shape index (κ1) is 17.6. The van der Waals surface area contributed by atoms with E-state index in [4.69, 9.17) is 9.72 Å². The number of ether oxygens (including phenoxy) is 1. The van der Waals surface area contributed by atoms with Crippen LogP contribution in [0.2, 0.25) is 0 Å². The van der Waals surface area contributed by atoms with Gasteiger partial charge in [-0.3, -0.25) is 9.69 Å². The lowest BCUT2D eigenvalue weighted by Gasteiger charge is -2.27. The van der Waals surface area contributed by atoms with Crippen LogP contribution < -0.4 is 10.3 Å². The molecule has 0 spiro atoms. The van der Waals surface area contributed by atoms with Crippen molar-refractivity contribution in [2.75, 3.05) is 13.7 Å². The largest absolute Gasteiger partial charge is 0.497 e. The average molecular weight is 395 g/mol. The number of thiazole rings is 1. The molecular formula is C21H22N4O2S. The van der Waals surface area contributed by atoms with Crippen molar-refractivity contribution in [2.45, 2.75) is 38.3 Å². The Bertz CT molecular complexity index is 1070. The lowest BCUT2D eigenvalue weighted by molar-refractivity contribution is 0.243. The van der Waals surface area contributed by atoms with Crippen LogP contribution in [0.5, 0.6) is 5.75 Å². The zero-order valence-electron chi connectivity index (χ0n) is 15.8.